The minimum atomic E-state index is -4.39. The van der Waals surface area contributed by atoms with E-state index in [-0.39, 0.29) is 56.7 Å². The SMILES string of the molecule is CCOC(=O)C(OP(=O)(OCC)OCC)=C(c1cc(C(=O)OCC)oc1C)P(=O)(OCC)OCC. The Labute approximate surface area is 205 Å². The number of furan rings is 1. The van der Waals surface area contributed by atoms with Crippen LogP contribution in [0.5, 0.6) is 0 Å². The van der Waals surface area contributed by atoms with Crippen molar-refractivity contribution in [1.82, 2.24) is 0 Å². The van der Waals surface area contributed by atoms with Gasteiger partial charge in [-0.1, -0.05) is 0 Å². The van der Waals surface area contributed by atoms with Gasteiger partial charge in [0.05, 0.1) is 39.6 Å². The maximum absolute atomic E-state index is 14.0. The van der Waals surface area contributed by atoms with E-state index in [9.17, 15) is 18.7 Å². The summed E-state index contributed by atoms with van der Waals surface area (Å²) in [6.45, 7) is 10.4. The summed E-state index contributed by atoms with van der Waals surface area (Å²) in [4.78, 5) is 25.3. The van der Waals surface area contributed by atoms with Crippen molar-refractivity contribution in [2.75, 3.05) is 39.6 Å². The number of hydrogen-bond donors (Lipinski definition) is 0. The van der Waals surface area contributed by atoms with Gasteiger partial charge in [0, 0.05) is 11.6 Å². The Bertz CT molecular complexity index is 961. The van der Waals surface area contributed by atoms with Crippen LogP contribution in [0.2, 0.25) is 0 Å². The number of phosphoric ester groups is 1. The highest BCUT2D eigenvalue weighted by molar-refractivity contribution is 7.65. The molecule has 200 valence electrons. The molecular weight excluding hydrogens is 506 g/mol. The number of ether oxygens (including phenoxy) is 2. The molecule has 35 heavy (non-hydrogen) atoms. The number of esters is 2. The lowest BCUT2D eigenvalue weighted by atomic mass is 10.2. The topological polar surface area (TPSA) is 146 Å². The van der Waals surface area contributed by atoms with Crippen molar-refractivity contribution in [3.8, 4) is 0 Å². The van der Waals surface area contributed by atoms with Crippen molar-refractivity contribution < 1.29 is 55.2 Å². The standard InChI is InChI=1S/C21H34O12P2/c1-8-26-20(22)17-14-16(15(7)32-17)19(34(24,28-10-3)29-11-4)18(21(23)27-9-2)33-35(25,30-12-5)31-13-6/h14H,8-13H2,1-7H3. The number of aryl methyl sites for hydroxylation is 1. The third kappa shape index (κ3) is 8.31. The summed E-state index contributed by atoms with van der Waals surface area (Å²) >= 11 is 0. The first-order valence-electron chi connectivity index (χ1n) is 11.2. The van der Waals surface area contributed by atoms with Crippen molar-refractivity contribution in [2.24, 2.45) is 0 Å². The van der Waals surface area contributed by atoms with Gasteiger partial charge >= 0.3 is 27.4 Å². The molecule has 0 radical (unpaired) electrons. The van der Waals surface area contributed by atoms with E-state index in [1.54, 1.807) is 34.6 Å². The van der Waals surface area contributed by atoms with E-state index in [1.807, 2.05) is 0 Å². The van der Waals surface area contributed by atoms with Crippen LogP contribution in [0, 0.1) is 6.92 Å². The highest BCUT2D eigenvalue weighted by Crippen LogP contribution is 2.64. The first kappa shape index (κ1) is 31.1. The molecule has 0 atom stereocenters. The number of rotatable bonds is 16. The van der Waals surface area contributed by atoms with Crippen LogP contribution in [0.25, 0.3) is 5.31 Å². The Morgan fingerprint density at radius 3 is 1.77 bits per heavy atom. The molecule has 1 aromatic heterocycles. The van der Waals surface area contributed by atoms with E-state index < -0.39 is 38.4 Å². The Morgan fingerprint density at radius 2 is 1.31 bits per heavy atom. The van der Waals surface area contributed by atoms with Gasteiger partial charge in [-0.3, -0.25) is 13.6 Å². The van der Waals surface area contributed by atoms with Crippen LogP contribution >= 0.6 is 15.4 Å². The van der Waals surface area contributed by atoms with Gasteiger partial charge in [0.15, 0.2) is 0 Å². The predicted octanol–water partition coefficient (Wildman–Crippen LogP) is 5.46. The van der Waals surface area contributed by atoms with Crippen molar-refractivity contribution in [2.45, 2.75) is 48.5 Å². The zero-order valence-electron chi connectivity index (χ0n) is 21.1. The lowest BCUT2D eigenvalue weighted by Gasteiger charge is -2.24. The van der Waals surface area contributed by atoms with Gasteiger partial charge in [-0.05, 0) is 48.5 Å². The number of hydrogen-bond acceptors (Lipinski definition) is 12. The van der Waals surface area contributed by atoms with E-state index in [2.05, 4.69) is 0 Å². The van der Waals surface area contributed by atoms with Gasteiger partial charge in [0.25, 0.3) is 0 Å². The average Bonchev–Trinajstić information content (AvgIpc) is 3.15. The molecule has 0 saturated carbocycles. The highest BCUT2D eigenvalue weighted by atomic mass is 31.2. The lowest BCUT2D eigenvalue weighted by molar-refractivity contribution is -0.141. The fourth-order valence-corrected chi connectivity index (χ4v) is 6.00. The highest BCUT2D eigenvalue weighted by Gasteiger charge is 2.43. The Kier molecular flexibility index (Phi) is 13.0. The molecule has 0 saturated heterocycles. The third-order valence-corrected chi connectivity index (χ3v) is 7.72. The number of phosphoric acid groups is 1. The molecule has 14 heteroatoms. The molecule has 0 aromatic carbocycles. The Morgan fingerprint density at radius 1 is 0.800 bits per heavy atom. The molecular formula is C21H34O12P2. The van der Waals surface area contributed by atoms with Crippen LogP contribution in [0.3, 0.4) is 0 Å². The van der Waals surface area contributed by atoms with Crippen LogP contribution in [0.15, 0.2) is 16.2 Å². The first-order chi connectivity index (χ1) is 16.6. The van der Waals surface area contributed by atoms with Crippen LogP contribution < -0.4 is 0 Å². The molecule has 0 aliphatic rings. The second-order valence-electron chi connectivity index (χ2n) is 6.41. The zero-order chi connectivity index (χ0) is 26.6. The Balaban J connectivity index is 4.05. The molecule has 1 aromatic rings. The molecule has 0 aliphatic carbocycles. The van der Waals surface area contributed by atoms with Gasteiger partial charge in [0.1, 0.15) is 11.1 Å². The average molecular weight is 540 g/mol. The minimum absolute atomic E-state index is 0.0408. The Hall–Kier alpha value is -1.94. The van der Waals surface area contributed by atoms with E-state index >= 15 is 0 Å². The normalized spacial score (nSPS) is 12.8. The van der Waals surface area contributed by atoms with Crippen molar-refractivity contribution in [1.29, 1.82) is 0 Å². The van der Waals surface area contributed by atoms with E-state index in [1.165, 1.54) is 19.9 Å². The molecule has 1 heterocycles. The minimum Gasteiger partial charge on any atom is -0.460 e. The summed E-state index contributed by atoms with van der Waals surface area (Å²) in [6.07, 6.45) is 0. The smallest absolute Gasteiger partial charge is 0.460 e. The van der Waals surface area contributed by atoms with Crippen LogP contribution in [-0.4, -0.2) is 51.6 Å². The number of carbonyl (C=O) groups is 2. The third-order valence-electron chi connectivity index (χ3n) is 3.97. The molecule has 0 N–H and O–H groups in total. The van der Waals surface area contributed by atoms with Crippen molar-refractivity contribution in [3.63, 3.8) is 0 Å². The van der Waals surface area contributed by atoms with Crippen molar-refractivity contribution >= 4 is 32.7 Å². The molecule has 0 amide bonds. The molecule has 1 rings (SSSR count). The monoisotopic (exact) mass is 540 g/mol. The molecule has 0 bridgehead atoms. The van der Waals surface area contributed by atoms with E-state index in [4.69, 9.17) is 36.5 Å². The summed E-state index contributed by atoms with van der Waals surface area (Å²) in [5.41, 5.74) is -0.0408. The van der Waals surface area contributed by atoms with Gasteiger partial charge < -0.3 is 27.5 Å². The maximum atomic E-state index is 14.0. The molecule has 0 unspecified atom stereocenters. The van der Waals surface area contributed by atoms with Gasteiger partial charge in [-0.15, -0.1) is 0 Å². The van der Waals surface area contributed by atoms with Gasteiger partial charge in [0.2, 0.25) is 11.5 Å². The second-order valence-corrected chi connectivity index (χ2v) is 9.96. The zero-order valence-corrected chi connectivity index (χ0v) is 22.9. The van der Waals surface area contributed by atoms with E-state index in [0.29, 0.717) is 0 Å². The summed E-state index contributed by atoms with van der Waals surface area (Å²) in [7, 11) is -8.74. The number of carbonyl (C=O) groups excluding carboxylic acids is 2. The second kappa shape index (κ2) is 14.6. The van der Waals surface area contributed by atoms with Crippen LogP contribution in [0.1, 0.15) is 63.4 Å². The maximum Gasteiger partial charge on any atom is 0.530 e. The van der Waals surface area contributed by atoms with Crippen LogP contribution in [0.4, 0.5) is 0 Å². The fourth-order valence-electron chi connectivity index (χ4n) is 2.81. The summed E-state index contributed by atoms with van der Waals surface area (Å²) in [6, 6.07) is 1.20. The lowest BCUT2D eigenvalue weighted by Crippen LogP contribution is -2.15. The predicted molar refractivity (Wildman–Crippen MR) is 126 cm³/mol. The van der Waals surface area contributed by atoms with Crippen LogP contribution in [-0.2, 0) is 46.0 Å². The van der Waals surface area contributed by atoms with Crippen molar-refractivity contribution in [3.05, 3.63) is 28.9 Å². The largest absolute Gasteiger partial charge is 0.530 e. The first-order valence-corrected chi connectivity index (χ1v) is 14.2. The summed E-state index contributed by atoms with van der Waals surface area (Å²) in [5, 5.41) is -0.462. The summed E-state index contributed by atoms with van der Waals surface area (Å²) < 4.78 is 69.5. The molecule has 0 aliphatic heterocycles. The summed E-state index contributed by atoms with van der Waals surface area (Å²) in [5.74, 6) is -2.91. The molecule has 12 nitrogen and oxygen atoms in total. The molecule has 0 spiro atoms. The van der Waals surface area contributed by atoms with Gasteiger partial charge in [-0.25, -0.2) is 14.2 Å². The quantitative estimate of drug-likeness (QED) is 0.113. The van der Waals surface area contributed by atoms with Gasteiger partial charge in [-0.2, -0.15) is 0 Å². The molecule has 0 fully saturated rings. The fraction of sp³-hybridized carbons (Fsp3) is 0.619. The van der Waals surface area contributed by atoms with E-state index in [0.717, 1.165) is 0 Å².